The van der Waals surface area contributed by atoms with E-state index in [-0.39, 0.29) is 5.69 Å². The molecule has 5 nitrogen and oxygen atoms in total. The summed E-state index contributed by atoms with van der Waals surface area (Å²) in [5.41, 5.74) is -1.46. The Kier molecular flexibility index (Phi) is 9.90. The van der Waals surface area contributed by atoms with Crippen LogP contribution in [-0.2, 0) is 10.5 Å². The molecule has 0 spiro atoms. The van der Waals surface area contributed by atoms with Crippen LogP contribution < -0.4 is 5.32 Å². The van der Waals surface area contributed by atoms with Crippen LogP contribution in [0.25, 0.3) is 0 Å². The van der Waals surface area contributed by atoms with Crippen molar-refractivity contribution in [2.45, 2.75) is 70.9 Å². The van der Waals surface area contributed by atoms with Gasteiger partial charge in [-0.2, -0.15) is 0 Å². The number of unbranched alkanes of at least 4 members (excludes halogenated alkanes) is 7. The van der Waals surface area contributed by atoms with E-state index >= 15 is 0 Å². The number of hydrogen-bond donors (Lipinski definition) is 3. The van der Waals surface area contributed by atoms with Crippen LogP contribution in [-0.4, -0.2) is 21.1 Å². The lowest BCUT2D eigenvalue weighted by Gasteiger charge is -2.21. The number of nitrogens with one attached hydrogen (secondary N) is 1. The molecule has 0 aliphatic rings. The van der Waals surface area contributed by atoms with Gasteiger partial charge >= 0.3 is 0 Å². The summed E-state index contributed by atoms with van der Waals surface area (Å²) in [6.07, 6.45) is 11.1. The van der Waals surface area contributed by atoms with E-state index in [0.29, 0.717) is 5.69 Å². The normalized spacial score (nSPS) is 12.1. The van der Waals surface area contributed by atoms with Crippen molar-refractivity contribution in [3.63, 3.8) is 0 Å². The van der Waals surface area contributed by atoms with Gasteiger partial charge in [-0.25, -0.2) is 4.98 Å². The molecule has 0 aromatic carbocycles. The molecule has 0 saturated carbocycles. The summed E-state index contributed by atoms with van der Waals surface area (Å²) < 4.78 is 0. The number of aliphatic hydroxyl groups is 2. The largest absolute Gasteiger partial charge is 0.462 e. The second-order valence-electron chi connectivity index (χ2n) is 6.21. The second kappa shape index (κ2) is 12.0. The van der Waals surface area contributed by atoms with Crippen molar-refractivity contribution in [1.82, 2.24) is 10.3 Å². The van der Waals surface area contributed by atoms with Crippen molar-refractivity contribution in [3.05, 3.63) is 29.6 Å². The van der Waals surface area contributed by atoms with Crippen LogP contribution in [0, 0.1) is 23.9 Å². The molecule has 0 bridgehead atoms. The first kappa shape index (κ1) is 21.5. The lowest BCUT2D eigenvalue weighted by molar-refractivity contribution is -0.124. The Morgan fingerprint density at radius 3 is 2.54 bits per heavy atom. The van der Waals surface area contributed by atoms with E-state index in [0.717, 1.165) is 12.8 Å². The van der Waals surface area contributed by atoms with Crippen molar-refractivity contribution in [3.8, 4) is 23.9 Å². The van der Waals surface area contributed by atoms with E-state index in [9.17, 15) is 9.90 Å². The summed E-state index contributed by atoms with van der Waals surface area (Å²) >= 11 is 0. The van der Waals surface area contributed by atoms with E-state index < -0.39 is 11.6 Å². The number of pyridine rings is 1. The lowest BCUT2D eigenvalue weighted by Crippen LogP contribution is -2.44. The van der Waals surface area contributed by atoms with Crippen LogP contribution in [0.5, 0.6) is 0 Å². The average Bonchev–Trinajstić information content (AvgIpc) is 2.60. The standard InChI is InChI=1S/C21H28N2O3/c1-3-4-5-6-7-8-9-10-11-13-19-14-12-15-20(22-19)21(26,16-17-24)23-18(2)25/h12,14-15,24,26H,3-10H2,1-2H3,(H,23,25). The summed E-state index contributed by atoms with van der Waals surface area (Å²) in [5.74, 6) is 7.72. The number of rotatable bonds is 9. The SMILES string of the molecule is CCCCCCCCCC#Cc1cccc(C(O)(C#CO)NC(C)=O)n1. The molecule has 0 aliphatic carbocycles. The summed E-state index contributed by atoms with van der Waals surface area (Å²) in [7, 11) is 0. The highest BCUT2D eigenvalue weighted by atomic mass is 16.3. The quantitative estimate of drug-likeness (QED) is 0.360. The van der Waals surface area contributed by atoms with E-state index in [1.807, 2.05) is 0 Å². The molecule has 26 heavy (non-hydrogen) atoms. The number of carbonyl (C=O) groups excluding carboxylic acids is 1. The molecule has 1 rings (SSSR count). The maximum Gasteiger partial charge on any atom is 0.250 e. The van der Waals surface area contributed by atoms with Gasteiger partial charge in [0.1, 0.15) is 17.5 Å². The molecule has 140 valence electrons. The Morgan fingerprint density at radius 1 is 1.19 bits per heavy atom. The number of amides is 1. The van der Waals surface area contributed by atoms with Gasteiger partial charge in [-0.05, 0) is 24.5 Å². The maximum absolute atomic E-state index is 11.3. The number of aliphatic hydroxyl groups excluding tert-OH is 1. The second-order valence-corrected chi connectivity index (χ2v) is 6.21. The van der Waals surface area contributed by atoms with E-state index in [1.165, 1.54) is 51.5 Å². The number of hydrogen-bond acceptors (Lipinski definition) is 4. The Labute approximate surface area is 156 Å². The zero-order valence-electron chi connectivity index (χ0n) is 15.6. The van der Waals surface area contributed by atoms with Crippen molar-refractivity contribution in [2.24, 2.45) is 0 Å². The van der Waals surface area contributed by atoms with Crippen LogP contribution >= 0.6 is 0 Å². The highest BCUT2D eigenvalue weighted by Crippen LogP contribution is 2.15. The molecule has 0 radical (unpaired) electrons. The fourth-order valence-electron chi connectivity index (χ4n) is 2.52. The molecule has 1 amide bonds. The fraction of sp³-hybridized carbons (Fsp3) is 0.524. The van der Waals surface area contributed by atoms with E-state index in [4.69, 9.17) is 5.11 Å². The molecular weight excluding hydrogens is 328 g/mol. The maximum atomic E-state index is 11.3. The minimum atomic E-state index is -2.04. The zero-order valence-corrected chi connectivity index (χ0v) is 15.6. The predicted molar refractivity (Wildman–Crippen MR) is 101 cm³/mol. The van der Waals surface area contributed by atoms with Crippen molar-refractivity contribution < 1.29 is 15.0 Å². The molecular formula is C21H28N2O3. The molecule has 1 heterocycles. The Morgan fingerprint density at radius 2 is 1.88 bits per heavy atom. The third-order valence-corrected chi connectivity index (χ3v) is 3.84. The molecule has 1 aromatic heterocycles. The smallest absolute Gasteiger partial charge is 0.250 e. The average molecular weight is 356 g/mol. The van der Waals surface area contributed by atoms with Gasteiger partial charge in [-0.1, -0.05) is 57.4 Å². The van der Waals surface area contributed by atoms with E-state index in [2.05, 4.69) is 35.0 Å². The summed E-state index contributed by atoms with van der Waals surface area (Å²) in [4.78, 5) is 15.5. The number of nitrogens with zero attached hydrogens (tertiary/aromatic N) is 1. The topological polar surface area (TPSA) is 82.5 Å². The molecule has 1 atom stereocenters. The minimum Gasteiger partial charge on any atom is -0.462 e. The Hall–Kier alpha value is -2.50. The van der Waals surface area contributed by atoms with Gasteiger partial charge in [0.25, 0.3) is 0 Å². The van der Waals surface area contributed by atoms with Crippen LogP contribution in [0.3, 0.4) is 0 Å². The summed E-state index contributed by atoms with van der Waals surface area (Å²) in [6, 6.07) is 4.91. The number of carbonyl (C=O) groups is 1. The van der Waals surface area contributed by atoms with E-state index in [1.54, 1.807) is 18.2 Å². The van der Waals surface area contributed by atoms with Crippen molar-refractivity contribution in [1.29, 1.82) is 0 Å². The number of aromatic nitrogens is 1. The fourth-order valence-corrected chi connectivity index (χ4v) is 2.52. The molecule has 3 N–H and O–H groups in total. The predicted octanol–water partition coefficient (Wildman–Crippen LogP) is 3.19. The molecule has 0 saturated heterocycles. The van der Waals surface area contributed by atoms with Crippen LogP contribution in [0.15, 0.2) is 18.2 Å². The molecule has 1 unspecified atom stereocenters. The molecule has 1 aromatic rings. The zero-order chi connectivity index (χ0) is 19.3. The first-order chi connectivity index (χ1) is 12.5. The Balaban J connectivity index is 2.61. The third-order valence-electron chi connectivity index (χ3n) is 3.84. The van der Waals surface area contributed by atoms with Gasteiger partial charge in [-0.15, -0.1) is 0 Å². The summed E-state index contributed by atoms with van der Waals surface area (Å²) in [6.45, 7) is 3.46. The molecule has 0 aliphatic heterocycles. The summed E-state index contributed by atoms with van der Waals surface area (Å²) in [5, 5.41) is 21.5. The van der Waals surface area contributed by atoms with Gasteiger partial charge in [0.15, 0.2) is 0 Å². The first-order valence-corrected chi connectivity index (χ1v) is 9.15. The monoisotopic (exact) mass is 356 g/mol. The minimum absolute atomic E-state index is 0.108. The van der Waals surface area contributed by atoms with Crippen LogP contribution in [0.1, 0.15) is 76.6 Å². The lowest BCUT2D eigenvalue weighted by atomic mass is 10.1. The van der Waals surface area contributed by atoms with Gasteiger partial charge in [0.2, 0.25) is 11.6 Å². The van der Waals surface area contributed by atoms with Gasteiger partial charge in [0.05, 0.1) is 0 Å². The third kappa shape index (κ3) is 8.05. The highest BCUT2D eigenvalue weighted by molar-refractivity contribution is 5.74. The Bertz CT molecular complexity index is 694. The van der Waals surface area contributed by atoms with Gasteiger partial charge in [0, 0.05) is 19.3 Å². The molecule has 0 fully saturated rings. The van der Waals surface area contributed by atoms with Crippen molar-refractivity contribution >= 4 is 5.91 Å². The van der Waals surface area contributed by atoms with Gasteiger partial charge < -0.3 is 15.5 Å². The van der Waals surface area contributed by atoms with Crippen molar-refractivity contribution in [2.75, 3.05) is 0 Å². The highest BCUT2D eigenvalue weighted by Gasteiger charge is 2.30. The molecule has 5 heteroatoms. The van der Waals surface area contributed by atoms with Crippen LogP contribution in [0.2, 0.25) is 0 Å². The van der Waals surface area contributed by atoms with Gasteiger partial charge in [-0.3, -0.25) is 4.79 Å². The van der Waals surface area contributed by atoms with Crippen LogP contribution in [0.4, 0.5) is 0 Å². The first-order valence-electron chi connectivity index (χ1n) is 9.15.